The first-order chi connectivity index (χ1) is 14.6. The van der Waals surface area contributed by atoms with Gasteiger partial charge in [-0.3, -0.25) is 4.79 Å². The summed E-state index contributed by atoms with van der Waals surface area (Å²) in [6.07, 6.45) is 1.30. The van der Waals surface area contributed by atoms with E-state index in [2.05, 4.69) is 0 Å². The van der Waals surface area contributed by atoms with Gasteiger partial charge in [0.25, 0.3) is 5.91 Å². The van der Waals surface area contributed by atoms with Crippen LogP contribution in [0.5, 0.6) is 0 Å². The smallest absolute Gasteiger partial charge is 0.254 e. The van der Waals surface area contributed by atoms with Crippen molar-refractivity contribution in [2.45, 2.75) is 50.3 Å². The average molecular weight is 459 g/mol. The van der Waals surface area contributed by atoms with E-state index in [0.29, 0.717) is 42.9 Å². The number of nitrogens with zero attached hydrogens (tertiary/aromatic N) is 2. The van der Waals surface area contributed by atoms with Crippen LogP contribution in [0.25, 0.3) is 0 Å². The minimum Gasteiger partial charge on any atom is -0.323 e. The highest BCUT2D eigenvalue weighted by atomic mass is 32.2. The van der Waals surface area contributed by atoms with Crippen LogP contribution in [0, 0.1) is 27.7 Å². The van der Waals surface area contributed by atoms with Crippen molar-refractivity contribution in [2.75, 3.05) is 25.4 Å². The standard InChI is InChI=1S/C24H30N2O3S2/c1-17-5-7-21(8-6-17)23(27)26-13-14-30-24(26)9-11-25(12-10-24)31(28,29)22-19(3)15-18(2)16-20(22)4/h5-8,15-16H,9-14H2,1-4H3. The normalized spacial score (nSPS) is 19.2. The molecule has 2 heterocycles. The van der Waals surface area contributed by atoms with Crippen LogP contribution in [0.2, 0.25) is 0 Å². The second kappa shape index (κ2) is 8.26. The summed E-state index contributed by atoms with van der Waals surface area (Å²) < 4.78 is 28.5. The number of carbonyl (C=O) groups is 1. The maximum absolute atomic E-state index is 13.5. The molecule has 166 valence electrons. The molecule has 1 spiro atoms. The first-order valence-corrected chi connectivity index (χ1v) is 13.2. The predicted molar refractivity (Wildman–Crippen MR) is 126 cm³/mol. The molecule has 0 bridgehead atoms. The van der Waals surface area contributed by atoms with E-state index in [0.717, 1.165) is 28.0 Å². The maximum atomic E-state index is 13.5. The van der Waals surface area contributed by atoms with Gasteiger partial charge < -0.3 is 4.90 Å². The third-order valence-electron chi connectivity index (χ3n) is 6.43. The maximum Gasteiger partial charge on any atom is 0.254 e. The van der Waals surface area contributed by atoms with Crippen LogP contribution in [0.3, 0.4) is 0 Å². The first-order valence-electron chi connectivity index (χ1n) is 10.7. The van der Waals surface area contributed by atoms with E-state index in [4.69, 9.17) is 0 Å². The van der Waals surface area contributed by atoms with Gasteiger partial charge in [0.2, 0.25) is 10.0 Å². The Hall–Kier alpha value is -1.83. The van der Waals surface area contributed by atoms with Crippen LogP contribution in [0.15, 0.2) is 41.3 Å². The zero-order chi connectivity index (χ0) is 22.4. The molecular weight excluding hydrogens is 428 g/mol. The molecule has 0 N–H and O–H groups in total. The largest absolute Gasteiger partial charge is 0.323 e. The van der Waals surface area contributed by atoms with E-state index in [1.165, 1.54) is 0 Å². The Morgan fingerprint density at radius 2 is 1.48 bits per heavy atom. The van der Waals surface area contributed by atoms with Crippen molar-refractivity contribution in [3.63, 3.8) is 0 Å². The molecule has 2 fully saturated rings. The zero-order valence-electron chi connectivity index (χ0n) is 18.6. The molecule has 7 heteroatoms. The first kappa shape index (κ1) is 22.4. The number of carbonyl (C=O) groups excluding carboxylic acids is 1. The molecule has 2 saturated heterocycles. The molecule has 1 amide bonds. The van der Waals surface area contributed by atoms with Crippen molar-refractivity contribution in [1.29, 1.82) is 0 Å². The number of amides is 1. The Balaban J connectivity index is 1.55. The fourth-order valence-electron chi connectivity index (χ4n) is 4.94. The Morgan fingerprint density at radius 3 is 2.06 bits per heavy atom. The quantitative estimate of drug-likeness (QED) is 0.689. The van der Waals surface area contributed by atoms with Gasteiger partial charge in [-0.15, -0.1) is 11.8 Å². The lowest BCUT2D eigenvalue weighted by Gasteiger charge is -2.43. The van der Waals surface area contributed by atoms with Crippen LogP contribution in [0.1, 0.15) is 45.5 Å². The molecule has 0 aliphatic carbocycles. The van der Waals surface area contributed by atoms with Gasteiger partial charge >= 0.3 is 0 Å². The topological polar surface area (TPSA) is 57.7 Å². The van der Waals surface area contributed by atoms with E-state index < -0.39 is 10.0 Å². The summed E-state index contributed by atoms with van der Waals surface area (Å²) in [6.45, 7) is 9.30. The number of rotatable bonds is 3. The van der Waals surface area contributed by atoms with Crippen LogP contribution >= 0.6 is 11.8 Å². The lowest BCUT2D eigenvalue weighted by molar-refractivity contribution is 0.0605. The molecular formula is C24H30N2O3S2. The van der Waals surface area contributed by atoms with Crippen molar-refractivity contribution >= 4 is 27.7 Å². The van der Waals surface area contributed by atoms with Gasteiger partial charge in [0, 0.05) is 31.0 Å². The Morgan fingerprint density at radius 1 is 0.903 bits per heavy atom. The second-order valence-corrected chi connectivity index (χ2v) is 12.1. The molecule has 0 saturated carbocycles. The molecule has 0 radical (unpaired) electrons. The molecule has 0 unspecified atom stereocenters. The monoisotopic (exact) mass is 458 g/mol. The fourth-order valence-corrected chi connectivity index (χ4v) is 8.25. The van der Waals surface area contributed by atoms with Crippen molar-refractivity contribution in [2.24, 2.45) is 0 Å². The number of benzene rings is 2. The van der Waals surface area contributed by atoms with Gasteiger partial charge in [-0.25, -0.2) is 8.42 Å². The second-order valence-electron chi connectivity index (χ2n) is 8.75. The highest BCUT2D eigenvalue weighted by Crippen LogP contribution is 2.45. The van der Waals surface area contributed by atoms with Crippen LogP contribution < -0.4 is 0 Å². The number of thioether (sulfide) groups is 1. The minimum atomic E-state index is -3.56. The summed E-state index contributed by atoms with van der Waals surface area (Å²) in [5.74, 6) is 0.937. The summed E-state index contributed by atoms with van der Waals surface area (Å²) >= 11 is 1.80. The minimum absolute atomic E-state index is 0.0477. The summed E-state index contributed by atoms with van der Waals surface area (Å²) in [6, 6.07) is 11.6. The molecule has 0 atom stereocenters. The van der Waals surface area contributed by atoms with E-state index in [9.17, 15) is 13.2 Å². The van der Waals surface area contributed by atoms with E-state index in [1.807, 2.05) is 69.0 Å². The third kappa shape index (κ3) is 4.03. The van der Waals surface area contributed by atoms with E-state index >= 15 is 0 Å². The molecule has 5 nitrogen and oxygen atoms in total. The van der Waals surface area contributed by atoms with Gasteiger partial charge in [0.05, 0.1) is 9.77 Å². The molecule has 2 aliphatic heterocycles. The number of hydrogen-bond donors (Lipinski definition) is 0. The fraction of sp³-hybridized carbons (Fsp3) is 0.458. The lowest BCUT2D eigenvalue weighted by Crippen LogP contribution is -2.53. The molecule has 2 aromatic carbocycles. The third-order valence-corrected chi connectivity index (χ3v) is 10.2. The van der Waals surface area contributed by atoms with E-state index in [1.54, 1.807) is 16.1 Å². The van der Waals surface area contributed by atoms with Crippen LogP contribution in [-0.4, -0.2) is 53.8 Å². The van der Waals surface area contributed by atoms with Gasteiger partial charge in [-0.2, -0.15) is 4.31 Å². The molecule has 2 aromatic rings. The highest BCUT2D eigenvalue weighted by Gasteiger charge is 2.48. The van der Waals surface area contributed by atoms with Gasteiger partial charge in [0.15, 0.2) is 0 Å². The number of sulfonamides is 1. The Labute approximate surface area is 189 Å². The predicted octanol–water partition coefficient (Wildman–Crippen LogP) is 4.29. The molecule has 2 aliphatic rings. The molecule has 0 aromatic heterocycles. The summed E-state index contributed by atoms with van der Waals surface area (Å²) in [5.41, 5.74) is 4.49. The highest BCUT2D eigenvalue weighted by molar-refractivity contribution is 8.00. The lowest BCUT2D eigenvalue weighted by atomic mass is 10.0. The van der Waals surface area contributed by atoms with E-state index in [-0.39, 0.29) is 10.8 Å². The van der Waals surface area contributed by atoms with Gasteiger partial charge in [0.1, 0.15) is 0 Å². The number of aryl methyl sites for hydroxylation is 4. The number of piperidine rings is 1. The Kier molecular flexibility index (Phi) is 5.96. The van der Waals surface area contributed by atoms with Crippen molar-refractivity contribution in [1.82, 2.24) is 9.21 Å². The molecule has 31 heavy (non-hydrogen) atoms. The summed E-state index contributed by atoms with van der Waals surface area (Å²) in [5, 5.41) is 0. The summed E-state index contributed by atoms with van der Waals surface area (Å²) in [7, 11) is -3.56. The van der Waals surface area contributed by atoms with Crippen molar-refractivity contribution in [3.8, 4) is 0 Å². The number of hydrogen-bond acceptors (Lipinski definition) is 4. The average Bonchev–Trinajstić information content (AvgIpc) is 3.10. The van der Waals surface area contributed by atoms with Gasteiger partial charge in [-0.1, -0.05) is 35.4 Å². The van der Waals surface area contributed by atoms with Crippen molar-refractivity contribution in [3.05, 3.63) is 64.2 Å². The molecule has 4 rings (SSSR count). The van der Waals surface area contributed by atoms with Crippen molar-refractivity contribution < 1.29 is 13.2 Å². The summed E-state index contributed by atoms with van der Waals surface area (Å²) in [4.78, 5) is 15.3. The zero-order valence-corrected chi connectivity index (χ0v) is 20.3. The SMILES string of the molecule is Cc1ccc(C(=O)N2CCSC23CCN(S(=O)(=O)c2c(C)cc(C)cc2C)CC3)cc1. The van der Waals surface area contributed by atoms with Gasteiger partial charge in [-0.05, 0) is 63.8 Å². The van der Waals surface area contributed by atoms with Crippen LogP contribution in [0.4, 0.5) is 0 Å². The van der Waals surface area contributed by atoms with Crippen LogP contribution in [-0.2, 0) is 10.0 Å². The Bertz CT molecular complexity index is 1080.